The van der Waals surface area contributed by atoms with E-state index in [9.17, 15) is 9.90 Å². The van der Waals surface area contributed by atoms with Crippen LogP contribution in [0.25, 0.3) is 0 Å². The molecule has 0 radical (unpaired) electrons. The monoisotopic (exact) mass is 259 g/mol. The molecule has 1 aromatic rings. The van der Waals surface area contributed by atoms with Gasteiger partial charge in [0.05, 0.1) is 0 Å². The number of nitrogens with zero attached hydrogens (tertiary/aromatic N) is 1. The summed E-state index contributed by atoms with van der Waals surface area (Å²) in [6.07, 6.45) is 2.06. The Morgan fingerprint density at radius 1 is 1.47 bits per heavy atom. The number of para-hydroxylation sites is 1. The van der Waals surface area contributed by atoms with Gasteiger partial charge >= 0.3 is 0 Å². The summed E-state index contributed by atoms with van der Waals surface area (Å²) in [5.74, 6) is 0.869. The van der Waals surface area contributed by atoms with E-state index in [0.717, 1.165) is 24.9 Å². The van der Waals surface area contributed by atoms with Gasteiger partial charge in [-0.2, -0.15) is 0 Å². The van der Waals surface area contributed by atoms with Crippen LogP contribution in [-0.2, 0) is 10.2 Å². The molecule has 4 rings (SSSR count). The quantitative estimate of drug-likeness (QED) is 0.766. The van der Waals surface area contributed by atoms with Crippen molar-refractivity contribution < 1.29 is 14.6 Å². The highest BCUT2D eigenvalue weighted by Gasteiger charge is 2.58. The third-order valence-electron chi connectivity index (χ3n) is 5.13. The van der Waals surface area contributed by atoms with E-state index in [0.29, 0.717) is 18.2 Å². The van der Waals surface area contributed by atoms with Gasteiger partial charge in [-0.05, 0) is 32.5 Å². The summed E-state index contributed by atoms with van der Waals surface area (Å²) >= 11 is 0. The minimum atomic E-state index is -0.388. The summed E-state index contributed by atoms with van der Waals surface area (Å²) in [5, 5.41) is 9.96. The van der Waals surface area contributed by atoms with E-state index in [-0.39, 0.29) is 23.1 Å². The molecule has 1 saturated heterocycles. The molecule has 1 aliphatic carbocycles. The zero-order valence-corrected chi connectivity index (χ0v) is 10.9. The average Bonchev–Trinajstić information content (AvgIpc) is 2.72. The molecule has 3 atom stereocenters. The summed E-state index contributed by atoms with van der Waals surface area (Å²) in [6, 6.07) is 5.80. The lowest BCUT2D eigenvalue weighted by Gasteiger charge is -2.48. The summed E-state index contributed by atoms with van der Waals surface area (Å²) in [5.41, 5.74) is 0.823. The van der Waals surface area contributed by atoms with Crippen LogP contribution < -0.4 is 4.74 Å². The lowest BCUT2D eigenvalue weighted by atomic mass is 9.62. The lowest BCUT2D eigenvalue weighted by molar-refractivity contribution is -0.135. The fourth-order valence-electron chi connectivity index (χ4n) is 4.07. The highest BCUT2D eigenvalue weighted by molar-refractivity contribution is 5.89. The second-order valence-corrected chi connectivity index (χ2v) is 6.07. The van der Waals surface area contributed by atoms with Gasteiger partial charge in [0.2, 0.25) is 0 Å². The number of ether oxygens (including phenoxy) is 1. The van der Waals surface area contributed by atoms with Crippen LogP contribution in [0, 0.1) is 0 Å². The van der Waals surface area contributed by atoms with Gasteiger partial charge in [-0.25, -0.2) is 0 Å². The number of benzene rings is 1. The molecule has 3 aliphatic rings. The SMILES string of the molecule is CN1CC[C@]23C[C@@H]1CC(=O)[C@@H]2Oc1c(O)cccc13. The molecule has 1 aromatic carbocycles. The first-order valence-corrected chi connectivity index (χ1v) is 6.84. The molecule has 1 N–H and O–H groups in total. The molecule has 4 heteroatoms. The number of fused-ring (bicyclic) bond motifs is 2. The predicted molar refractivity (Wildman–Crippen MR) is 69.5 cm³/mol. The first-order valence-electron chi connectivity index (χ1n) is 6.84. The van der Waals surface area contributed by atoms with Crippen molar-refractivity contribution in [2.24, 2.45) is 0 Å². The first kappa shape index (κ1) is 11.3. The van der Waals surface area contributed by atoms with Crippen molar-refractivity contribution in [3.63, 3.8) is 0 Å². The number of rotatable bonds is 0. The normalized spacial score (nSPS) is 36.6. The van der Waals surface area contributed by atoms with Gasteiger partial charge in [-0.3, -0.25) is 4.79 Å². The van der Waals surface area contributed by atoms with E-state index in [1.54, 1.807) is 6.07 Å². The van der Waals surface area contributed by atoms with Crippen LogP contribution in [0.5, 0.6) is 11.5 Å². The van der Waals surface area contributed by atoms with Crippen LogP contribution in [0.3, 0.4) is 0 Å². The number of phenolic OH excluding ortho intramolecular Hbond substituents is 1. The maximum atomic E-state index is 12.4. The van der Waals surface area contributed by atoms with Gasteiger partial charge in [-0.15, -0.1) is 0 Å². The maximum Gasteiger partial charge on any atom is 0.175 e. The number of phenols is 1. The summed E-state index contributed by atoms with van der Waals surface area (Å²) < 4.78 is 5.85. The maximum absolute atomic E-state index is 12.4. The van der Waals surface area contributed by atoms with Crippen LogP contribution in [0.15, 0.2) is 18.2 Å². The number of hydrogen-bond donors (Lipinski definition) is 1. The Hall–Kier alpha value is -1.55. The molecule has 0 aromatic heterocycles. The van der Waals surface area contributed by atoms with Gasteiger partial charge in [0.1, 0.15) is 0 Å². The summed E-state index contributed by atoms with van der Waals surface area (Å²) in [7, 11) is 2.09. The number of ketones is 1. The van der Waals surface area contributed by atoms with Gasteiger partial charge in [-0.1, -0.05) is 12.1 Å². The minimum Gasteiger partial charge on any atom is -0.504 e. The Balaban J connectivity index is 1.89. The number of carbonyl (C=O) groups excluding carboxylic acids is 1. The predicted octanol–water partition coefficient (Wildman–Crippen LogP) is 1.46. The molecule has 0 amide bonds. The van der Waals surface area contributed by atoms with E-state index in [1.165, 1.54) is 0 Å². The van der Waals surface area contributed by atoms with E-state index >= 15 is 0 Å². The van der Waals surface area contributed by atoms with Crippen molar-refractivity contribution >= 4 is 5.78 Å². The zero-order chi connectivity index (χ0) is 13.2. The van der Waals surface area contributed by atoms with Gasteiger partial charge < -0.3 is 14.7 Å². The molecule has 2 heterocycles. The molecule has 100 valence electrons. The highest BCUT2D eigenvalue weighted by atomic mass is 16.5. The third-order valence-corrected chi connectivity index (χ3v) is 5.13. The largest absolute Gasteiger partial charge is 0.504 e. The Bertz CT molecular complexity index is 571. The van der Waals surface area contributed by atoms with E-state index in [4.69, 9.17) is 4.74 Å². The van der Waals surface area contributed by atoms with Crippen molar-refractivity contribution in [2.45, 2.75) is 36.8 Å². The van der Waals surface area contributed by atoms with Crippen LogP contribution in [-0.4, -0.2) is 41.5 Å². The second kappa shape index (κ2) is 3.51. The minimum absolute atomic E-state index is 0.157. The number of Topliss-reactive ketones (excluding diaryl/α,β-unsaturated/α-hetero) is 1. The number of aromatic hydroxyl groups is 1. The van der Waals surface area contributed by atoms with Crippen molar-refractivity contribution in [1.29, 1.82) is 0 Å². The fraction of sp³-hybridized carbons (Fsp3) is 0.533. The smallest absolute Gasteiger partial charge is 0.175 e. The number of carbonyl (C=O) groups is 1. The lowest BCUT2D eigenvalue weighted by Crippen LogP contribution is -2.59. The van der Waals surface area contributed by atoms with Gasteiger partial charge in [0, 0.05) is 23.4 Å². The van der Waals surface area contributed by atoms with Crippen molar-refractivity contribution in [1.82, 2.24) is 4.90 Å². The fourth-order valence-corrected chi connectivity index (χ4v) is 4.07. The Morgan fingerprint density at radius 3 is 3.16 bits per heavy atom. The van der Waals surface area contributed by atoms with E-state index in [2.05, 4.69) is 11.9 Å². The molecule has 2 bridgehead atoms. The Labute approximate surface area is 112 Å². The first-order chi connectivity index (χ1) is 9.12. The third kappa shape index (κ3) is 1.30. The second-order valence-electron chi connectivity index (χ2n) is 6.07. The number of piperidine rings is 1. The van der Waals surface area contributed by atoms with Crippen molar-refractivity contribution in [3.05, 3.63) is 23.8 Å². The molecule has 0 unspecified atom stereocenters. The molecule has 1 saturated carbocycles. The molecule has 2 fully saturated rings. The molecule has 4 nitrogen and oxygen atoms in total. The zero-order valence-electron chi connectivity index (χ0n) is 10.9. The van der Waals surface area contributed by atoms with E-state index in [1.807, 2.05) is 12.1 Å². The molecule has 2 aliphatic heterocycles. The molecular weight excluding hydrogens is 242 g/mol. The molecule has 1 spiro atoms. The van der Waals surface area contributed by atoms with Crippen LogP contribution >= 0.6 is 0 Å². The van der Waals surface area contributed by atoms with Crippen LogP contribution in [0.2, 0.25) is 0 Å². The van der Waals surface area contributed by atoms with Crippen molar-refractivity contribution in [3.8, 4) is 11.5 Å². The summed E-state index contributed by atoms with van der Waals surface area (Å²) in [6.45, 7) is 0.979. The highest BCUT2D eigenvalue weighted by Crippen LogP contribution is 2.56. The molecule has 19 heavy (non-hydrogen) atoms. The summed E-state index contributed by atoms with van der Waals surface area (Å²) in [4.78, 5) is 14.7. The van der Waals surface area contributed by atoms with Gasteiger partial charge in [0.25, 0.3) is 0 Å². The average molecular weight is 259 g/mol. The number of hydrogen-bond acceptors (Lipinski definition) is 4. The van der Waals surface area contributed by atoms with Gasteiger partial charge in [0.15, 0.2) is 23.4 Å². The van der Waals surface area contributed by atoms with Crippen LogP contribution in [0.1, 0.15) is 24.8 Å². The Morgan fingerprint density at radius 2 is 2.32 bits per heavy atom. The number of likely N-dealkylation sites (tertiary alicyclic amines) is 1. The molecular formula is C15H17NO3. The standard InChI is InChI=1S/C15H17NO3/c1-16-6-5-15-8-9(16)7-12(18)14(15)19-13-10(15)3-2-4-11(13)17/h2-4,9,14,17H,5-8H2,1H3/t9-,14-,15+/m0/s1. The van der Waals surface area contributed by atoms with Crippen LogP contribution in [0.4, 0.5) is 0 Å². The Kier molecular flexibility index (Phi) is 2.09. The topological polar surface area (TPSA) is 49.8 Å². The van der Waals surface area contributed by atoms with Crippen molar-refractivity contribution in [2.75, 3.05) is 13.6 Å². The van der Waals surface area contributed by atoms with E-state index < -0.39 is 0 Å².